The van der Waals surface area contributed by atoms with Crippen molar-refractivity contribution in [2.24, 2.45) is 7.05 Å². The molecule has 2 aromatic heterocycles. The van der Waals surface area contributed by atoms with Gasteiger partial charge in [-0.2, -0.15) is 5.10 Å². The zero-order valence-electron chi connectivity index (χ0n) is 9.27. The second-order valence-corrected chi connectivity index (χ2v) is 5.47. The normalized spacial score (nSPS) is 12.9. The van der Waals surface area contributed by atoms with Crippen LogP contribution < -0.4 is 5.32 Å². The Morgan fingerprint density at radius 2 is 2.31 bits per heavy atom. The Bertz CT molecular complexity index is 463. The summed E-state index contributed by atoms with van der Waals surface area (Å²) in [4.78, 5) is 1.27. The summed E-state index contributed by atoms with van der Waals surface area (Å²) >= 11 is 7.54. The summed E-state index contributed by atoms with van der Waals surface area (Å²) < 4.78 is 2.66. The first-order valence-electron chi connectivity index (χ1n) is 5.10. The fraction of sp³-hybridized carbons (Fsp3) is 0.364. The van der Waals surface area contributed by atoms with E-state index in [0.29, 0.717) is 0 Å². The van der Waals surface area contributed by atoms with Gasteiger partial charge in [0.2, 0.25) is 0 Å². The number of aromatic nitrogens is 2. The molecule has 86 valence electrons. The van der Waals surface area contributed by atoms with Gasteiger partial charge in [0.15, 0.2) is 0 Å². The molecule has 16 heavy (non-hydrogen) atoms. The van der Waals surface area contributed by atoms with Crippen molar-refractivity contribution in [3.8, 4) is 0 Å². The Morgan fingerprint density at radius 3 is 2.81 bits per heavy atom. The minimum Gasteiger partial charge on any atom is -0.311 e. The molecule has 0 bridgehead atoms. The smallest absolute Gasteiger partial charge is 0.0931 e. The number of nitrogens with one attached hydrogen (secondary N) is 1. The second kappa shape index (κ2) is 4.99. The van der Waals surface area contributed by atoms with E-state index in [1.165, 1.54) is 4.88 Å². The fourth-order valence-electron chi connectivity index (χ4n) is 1.64. The van der Waals surface area contributed by atoms with Crippen molar-refractivity contribution >= 4 is 22.9 Å². The molecule has 0 aromatic carbocycles. The predicted molar refractivity (Wildman–Crippen MR) is 68.0 cm³/mol. The van der Waals surface area contributed by atoms with Crippen LogP contribution in [0, 0.1) is 0 Å². The molecule has 0 fully saturated rings. The zero-order chi connectivity index (χ0) is 11.5. The van der Waals surface area contributed by atoms with Crippen LogP contribution in [0.5, 0.6) is 0 Å². The van der Waals surface area contributed by atoms with Crippen molar-refractivity contribution in [1.82, 2.24) is 15.1 Å². The molecule has 3 nitrogen and oxygen atoms in total. The van der Waals surface area contributed by atoms with Crippen LogP contribution in [0.3, 0.4) is 0 Å². The van der Waals surface area contributed by atoms with Crippen LogP contribution in [0.4, 0.5) is 0 Å². The summed E-state index contributed by atoms with van der Waals surface area (Å²) in [5.41, 5.74) is 1.06. The van der Waals surface area contributed by atoms with E-state index in [0.717, 1.165) is 16.5 Å². The van der Waals surface area contributed by atoms with Crippen LogP contribution in [0.2, 0.25) is 4.34 Å². The molecule has 2 aromatic rings. The first-order chi connectivity index (χ1) is 7.69. The number of aryl methyl sites for hydroxylation is 1. The quantitative estimate of drug-likeness (QED) is 0.910. The molecule has 0 spiro atoms. The summed E-state index contributed by atoms with van der Waals surface area (Å²) in [5.74, 6) is 0. The molecule has 0 aliphatic carbocycles. The van der Waals surface area contributed by atoms with Crippen molar-refractivity contribution in [1.29, 1.82) is 0 Å². The average molecular weight is 256 g/mol. The molecule has 0 radical (unpaired) electrons. The lowest BCUT2D eigenvalue weighted by Crippen LogP contribution is -2.19. The lowest BCUT2D eigenvalue weighted by atomic mass is 10.1. The number of nitrogens with zero attached hydrogens (tertiary/aromatic N) is 2. The molecule has 0 amide bonds. The Kier molecular flexibility index (Phi) is 3.63. The van der Waals surface area contributed by atoms with E-state index in [-0.39, 0.29) is 6.04 Å². The number of thiophene rings is 1. The molecule has 5 heteroatoms. The van der Waals surface area contributed by atoms with E-state index in [1.54, 1.807) is 11.3 Å². The number of hydrogen-bond donors (Lipinski definition) is 1. The van der Waals surface area contributed by atoms with Gasteiger partial charge in [-0.25, -0.2) is 0 Å². The van der Waals surface area contributed by atoms with Crippen molar-refractivity contribution in [2.75, 3.05) is 7.05 Å². The van der Waals surface area contributed by atoms with Gasteiger partial charge in [0.25, 0.3) is 0 Å². The van der Waals surface area contributed by atoms with Gasteiger partial charge in [-0.05, 0) is 25.2 Å². The van der Waals surface area contributed by atoms with Crippen LogP contribution in [0.15, 0.2) is 24.4 Å². The molecule has 0 aliphatic heterocycles. The van der Waals surface area contributed by atoms with Crippen molar-refractivity contribution in [2.45, 2.75) is 12.5 Å². The highest BCUT2D eigenvalue weighted by Crippen LogP contribution is 2.25. The Labute approximate surface area is 104 Å². The van der Waals surface area contributed by atoms with Crippen LogP contribution in [-0.2, 0) is 13.5 Å². The van der Waals surface area contributed by atoms with Gasteiger partial charge in [0.05, 0.1) is 16.1 Å². The van der Waals surface area contributed by atoms with Gasteiger partial charge in [0.1, 0.15) is 0 Å². The number of likely N-dealkylation sites (N-methyl/N-ethyl adjacent to an activating group) is 1. The van der Waals surface area contributed by atoms with Crippen LogP contribution in [0.25, 0.3) is 0 Å². The second-order valence-electron chi connectivity index (χ2n) is 3.67. The van der Waals surface area contributed by atoms with Crippen molar-refractivity contribution in [3.05, 3.63) is 39.3 Å². The summed E-state index contributed by atoms with van der Waals surface area (Å²) in [6, 6.07) is 6.29. The Morgan fingerprint density at radius 1 is 1.50 bits per heavy atom. The predicted octanol–water partition coefficient (Wildman–Crippen LogP) is 2.64. The van der Waals surface area contributed by atoms with Gasteiger partial charge in [-0.3, -0.25) is 4.68 Å². The molecule has 1 unspecified atom stereocenters. The molecule has 2 rings (SSSR count). The summed E-state index contributed by atoms with van der Waals surface area (Å²) in [6.07, 6.45) is 2.88. The van der Waals surface area contributed by atoms with E-state index >= 15 is 0 Å². The van der Waals surface area contributed by atoms with Gasteiger partial charge in [-0.1, -0.05) is 11.6 Å². The third kappa shape index (κ3) is 2.64. The highest BCUT2D eigenvalue weighted by Gasteiger charge is 2.13. The largest absolute Gasteiger partial charge is 0.311 e. The van der Waals surface area contributed by atoms with Crippen molar-refractivity contribution < 1.29 is 0 Å². The first-order valence-corrected chi connectivity index (χ1v) is 6.29. The Balaban J connectivity index is 2.12. The maximum absolute atomic E-state index is 5.92. The maximum atomic E-state index is 5.92. The first kappa shape index (κ1) is 11.6. The SMILES string of the molecule is CNC(Cc1ccc(Cl)s1)c1ccn(C)n1. The lowest BCUT2D eigenvalue weighted by molar-refractivity contribution is 0.566. The van der Waals surface area contributed by atoms with E-state index < -0.39 is 0 Å². The fourth-order valence-corrected chi connectivity index (χ4v) is 2.77. The molecule has 0 aliphatic rings. The molecular weight excluding hydrogens is 242 g/mol. The standard InChI is InChI=1S/C11H14ClN3S/c1-13-10(9-5-6-15(2)14-9)7-8-3-4-11(12)16-8/h3-6,10,13H,7H2,1-2H3. The van der Waals surface area contributed by atoms with Gasteiger partial charge >= 0.3 is 0 Å². The van der Waals surface area contributed by atoms with E-state index in [4.69, 9.17) is 11.6 Å². The monoisotopic (exact) mass is 255 g/mol. The molecule has 0 saturated carbocycles. The van der Waals surface area contributed by atoms with E-state index in [2.05, 4.69) is 16.5 Å². The molecule has 2 heterocycles. The molecular formula is C11H14ClN3S. The summed E-state index contributed by atoms with van der Waals surface area (Å²) in [7, 11) is 3.88. The third-order valence-electron chi connectivity index (χ3n) is 2.47. The van der Waals surface area contributed by atoms with Crippen LogP contribution >= 0.6 is 22.9 Å². The number of rotatable bonds is 4. The van der Waals surface area contributed by atoms with E-state index in [9.17, 15) is 0 Å². The van der Waals surface area contributed by atoms with E-state index in [1.807, 2.05) is 37.1 Å². The van der Waals surface area contributed by atoms with Gasteiger partial charge in [-0.15, -0.1) is 11.3 Å². The van der Waals surface area contributed by atoms with Crippen LogP contribution in [-0.4, -0.2) is 16.8 Å². The van der Waals surface area contributed by atoms with Gasteiger partial charge < -0.3 is 5.32 Å². The highest BCUT2D eigenvalue weighted by atomic mass is 35.5. The number of halogens is 1. The van der Waals surface area contributed by atoms with Crippen molar-refractivity contribution in [3.63, 3.8) is 0 Å². The van der Waals surface area contributed by atoms with Crippen LogP contribution in [0.1, 0.15) is 16.6 Å². The average Bonchev–Trinajstić information content (AvgIpc) is 2.84. The zero-order valence-corrected chi connectivity index (χ0v) is 10.8. The topological polar surface area (TPSA) is 29.9 Å². The maximum Gasteiger partial charge on any atom is 0.0931 e. The van der Waals surface area contributed by atoms with Gasteiger partial charge in [0, 0.05) is 24.5 Å². The minimum absolute atomic E-state index is 0.246. The highest BCUT2D eigenvalue weighted by molar-refractivity contribution is 7.16. The number of hydrogen-bond acceptors (Lipinski definition) is 3. The summed E-state index contributed by atoms with van der Waals surface area (Å²) in [6.45, 7) is 0. The lowest BCUT2D eigenvalue weighted by Gasteiger charge is -2.12. The molecule has 1 atom stereocenters. The summed E-state index contributed by atoms with van der Waals surface area (Å²) in [5, 5.41) is 7.69. The third-order valence-corrected chi connectivity index (χ3v) is 3.73. The molecule has 1 N–H and O–H groups in total. The molecule has 0 saturated heterocycles. The Hall–Kier alpha value is -0.840. The minimum atomic E-state index is 0.246.